The topological polar surface area (TPSA) is 66.5 Å². The van der Waals surface area contributed by atoms with Gasteiger partial charge in [0, 0.05) is 15.8 Å². The number of carbonyl (C=O) groups is 1. The smallest absolute Gasteiger partial charge is 0.267 e. The fraction of sp³-hybridized carbons (Fsp3) is 0.0769. The number of sulfonamides is 1. The second kappa shape index (κ2) is 4.94. The van der Waals surface area contributed by atoms with Crippen LogP contribution in [0.2, 0.25) is 5.02 Å². The van der Waals surface area contributed by atoms with Crippen LogP contribution in [0.5, 0.6) is 0 Å². The van der Waals surface area contributed by atoms with Crippen LogP contribution in [0.1, 0.15) is 0 Å². The fourth-order valence-corrected chi connectivity index (χ4v) is 4.41. The van der Waals surface area contributed by atoms with Gasteiger partial charge in [0.1, 0.15) is 6.54 Å². The maximum absolute atomic E-state index is 12.7. The molecule has 21 heavy (non-hydrogen) atoms. The molecule has 0 saturated carbocycles. The number of amides is 1. The van der Waals surface area contributed by atoms with E-state index < -0.39 is 15.9 Å². The molecule has 108 valence electrons. The molecule has 1 aliphatic rings. The first-order valence-corrected chi connectivity index (χ1v) is 8.17. The summed E-state index contributed by atoms with van der Waals surface area (Å²) >= 11 is 11.0. The Labute approximate surface area is 131 Å². The summed E-state index contributed by atoms with van der Waals surface area (Å²) in [4.78, 5) is 11.4. The molecule has 1 heterocycles. The van der Waals surface area contributed by atoms with Gasteiger partial charge in [-0.2, -0.15) is 0 Å². The van der Waals surface area contributed by atoms with Gasteiger partial charge in [0.05, 0.1) is 4.90 Å². The van der Waals surface area contributed by atoms with E-state index in [1.165, 1.54) is 6.07 Å². The predicted octanol–water partition coefficient (Wildman–Crippen LogP) is 1.90. The van der Waals surface area contributed by atoms with Gasteiger partial charge >= 0.3 is 0 Å². The van der Waals surface area contributed by atoms with E-state index in [4.69, 9.17) is 23.8 Å². The molecule has 1 aliphatic heterocycles. The van der Waals surface area contributed by atoms with Crippen LogP contribution in [0.25, 0.3) is 10.8 Å². The van der Waals surface area contributed by atoms with Crippen molar-refractivity contribution < 1.29 is 13.2 Å². The number of benzene rings is 2. The molecule has 1 N–H and O–H groups in total. The molecule has 2 aromatic carbocycles. The van der Waals surface area contributed by atoms with Crippen molar-refractivity contribution in [1.82, 2.24) is 9.62 Å². The summed E-state index contributed by atoms with van der Waals surface area (Å²) in [6.07, 6.45) is 0. The molecule has 0 radical (unpaired) electrons. The van der Waals surface area contributed by atoms with Crippen molar-refractivity contribution in [2.75, 3.05) is 6.54 Å². The lowest BCUT2D eigenvalue weighted by molar-refractivity contribution is -0.118. The molecule has 0 aromatic heterocycles. The number of nitrogens with one attached hydrogen (secondary N) is 1. The van der Waals surface area contributed by atoms with Crippen LogP contribution in [-0.2, 0) is 14.8 Å². The lowest BCUT2D eigenvalue weighted by Crippen LogP contribution is -2.34. The van der Waals surface area contributed by atoms with Crippen molar-refractivity contribution in [3.05, 3.63) is 41.4 Å². The molecule has 0 atom stereocenters. The zero-order valence-corrected chi connectivity index (χ0v) is 12.9. The van der Waals surface area contributed by atoms with E-state index in [2.05, 4.69) is 5.32 Å². The molecule has 2 aromatic rings. The number of thiocarbonyl (C=S) groups is 1. The first-order valence-electron chi connectivity index (χ1n) is 5.95. The lowest BCUT2D eigenvalue weighted by atomic mass is 10.1. The number of nitrogens with zero attached hydrogens (tertiary/aromatic N) is 1. The molecule has 3 rings (SSSR count). The zero-order valence-electron chi connectivity index (χ0n) is 10.5. The van der Waals surface area contributed by atoms with E-state index in [0.29, 0.717) is 15.8 Å². The van der Waals surface area contributed by atoms with Crippen molar-refractivity contribution >= 4 is 55.6 Å². The number of hydrogen-bond donors (Lipinski definition) is 1. The Morgan fingerprint density at radius 1 is 1.14 bits per heavy atom. The van der Waals surface area contributed by atoms with Gasteiger partial charge in [-0.05, 0) is 24.4 Å². The van der Waals surface area contributed by atoms with Gasteiger partial charge in [-0.1, -0.05) is 35.9 Å². The minimum Gasteiger partial charge on any atom is -0.301 e. The van der Waals surface area contributed by atoms with Gasteiger partial charge in [-0.25, -0.2) is 12.7 Å². The molecule has 1 amide bonds. The molecule has 0 unspecified atom stereocenters. The predicted molar refractivity (Wildman–Crippen MR) is 83.6 cm³/mol. The average Bonchev–Trinajstić information content (AvgIpc) is 2.78. The number of halogens is 1. The van der Waals surface area contributed by atoms with E-state index in [-0.39, 0.29) is 16.6 Å². The van der Waals surface area contributed by atoms with Crippen molar-refractivity contribution in [3.63, 3.8) is 0 Å². The summed E-state index contributed by atoms with van der Waals surface area (Å²) in [5.74, 6) is -0.443. The van der Waals surface area contributed by atoms with Crippen LogP contribution >= 0.6 is 23.8 Å². The summed E-state index contributed by atoms with van der Waals surface area (Å²) in [6.45, 7) is -0.307. The first kappa shape index (κ1) is 14.2. The van der Waals surface area contributed by atoms with E-state index in [9.17, 15) is 13.2 Å². The van der Waals surface area contributed by atoms with E-state index in [1.807, 2.05) is 0 Å². The Bertz CT molecular complexity index is 880. The first-order chi connectivity index (χ1) is 9.91. The summed E-state index contributed by atoms with van der Waals surface area (Å²) < 4.78 is 26.3. The summed E-state index contributed by atoms with van der Waals surface area (Å²) in [7, 11) is -3.91. The summed E-state index contributed by atoms with van der Waals surface area (Å²) in [6, 6.07) is 9.85. The minimum absolute atomic E-state index is 0.0707. The van der Waals surface area contributed by atoms with Gasteiger partial charge < -0.3 is 5.32 Å². The largest absolute Gasteiger partial charge is 0.301 e. The molecule has 1 fully saturated rings. The molecule has 0 aliphatic carbocycles. The van der Waals surface area contributed by atoms with E-state index in [1.54, 1.807) is 30.3 Å². The highest BCUT2D eigenvalue weighted by molar-refractivity contribution is 7.91. The quantitative estimate of drug-likeness (QED) is 0.848. The highest BCUT2D eigenvalue weighted by atomic mass is 35.5. The van der Waals surface area contributed by atoms with Gasteiger partial charge in [-0.3, -0.25) is 4.79 Å². The molecule has 5 nitrogen and oxygen atoms in total. The fourth-order valence-electron chi connectivity index (χ4n) is 2.20. The van der Waals surface area contributed by atoms with Gasteiger partial charge in [0.25, 0.3) is 10.0 Å². The minimum atomic E-state index is -3.91. The van der Waals surface area contributed by atoms with Gasteiger partial charge in [-0.15, -0.1) is 0 Å². The van der Waals surface area contributed by atoms with E-state index >= 15 is 0 Å². The third kappa shape index (κ3) is 2.27. The molecule has 8 heteroatoms. The van der Waals surface area contributed by atoms with Crippen LogP contribution in [-0.4, -0.2) is 30.3 Å². The molecule has 0 bridgehead atoms. The zero-order chi connectivity index (χ0) is 15.2. The van der Waals surface area contributed by atoms with Crippen molar-refractivity contribution in [2.24, 2.45) is 0 Å². The average molecular weight is 341 g/mol. The third-order valence-corrected chi connectivity index (χ3v) is 5.73. The number of carbonyl (C=O) groups excluding carboxylic acids is 1. The molecule has 0 spiro atoms. The monoisotopic (exact) mass is 340 g/mol. The Balaban J connectivity index is 2.23. The number of hydrogen-bond acceptors (Lipinski definition) is 4. The van der Waals surface area contributed by atoms with Crippen LogP contribution in [0.3, 0.4) is 0 Å². The summed E-state index contributed by atoms with van der Waals surface area (Å²) in [5.41, 5.74) is 0. The Morgan fingerprint density at radius 3 is 2.48 bits per heavy atom. The van der Waals surface area contributed by atoms with Gasteiger partial charge in [0.2, 0.25) is 5.91 Å². The summed E-state index contributed by atoms with van der Waals surface area (Å²) in [5, 5.41) is 3.79. The van der Waals surface area contributed by atoms with Crippen molar-refractivity contribution in [1.29, 1.82) is 0 Å². The van der Waals surface area contributed by atoms with Crippen LogP contribution < -0.4 is 5.32 Å². The SMILES string of the molecule is O=C1CN(S(=O)(=O)c2cccc3c(Cl)cccc23)C(=S)N1. The van der Waals surface area contributed by atoms with Crippen LogP contribution in [0, 0.1) is 0 Å². The normalized spacial score (nSPS) is 15.6. The highest BCUT2D eigenvalue weighted by Gasteiger charge is 2.35. The van der Waals surface area contributed by atoms with Crippen LogP contribution in [0.15, 0.2) is 41.3 Å². The molecule has 1 saturated heterocycles. The number of rotatable bonds is 2. The Morgan fingerprint density at radius 2 is 1.81 bits per heavy atom. The second-order valence-corrected chi connectivity index (χ2v) is 7.08. The van der Waals surface area contributed by atoms with Gasteiger partial charge in [0.15, 0.2) is 5.11 Å². The Hall–Kier alpha value is -1.70. The Kier molecular flexibility index (Phi) is 3.35. The highest BCUT2D eigenvalue weighted by Crippen LogP contribution is 2.30. The molecular weight excluding hydrogens is 332 g/mol. The maximum atomic E-state index is 12.7. The third-order valence-electron chi connectivity index (χ3n) is 3.16. The molecular formula is C13H9ClN2O3S2. The van der Waals surface area contributed by atoms with Crippen LogP contribution in [0.4, 0.5) is 0 Å². The standard InChI is InChI=1S/C13H9ClN2O3S2/c14-10-5-1-4-9-8(10)3-2-6-11(9)21(18,19)16-7-12(17)15-13(16)20/h1-6H,7H2,(H,15,17,20). The lowest BCUT2D eigenvalue weighted by Gasteiger charge is -2.17. The van der Waals surface area contributed by atoms with E-state index in [0.717, 1.165) is 4.31 Å². The second-order valence-electron chi connectivity index (χ2n) is 4.46. The number of fused-ring (bicyclic) bond motifs is 1. The van der Waals surface area contributed by atoms with Crippen molar-refractivity contribution in [3.8, 4) is 0 Å². The maximum Gasteiger partial charge on any atom is 0.267 e. The van der Waals surface area contributed by atoms with Crippen molar-refractivity contribution in [2.45, 2.75) is 4.90 Å².